The molecular formula is C25H19N. The minimum absolute atomic E-state index is 0.0467. The van der Waals surface area contributed by atoms with Crippen LogP contribution >= 0.6 is 0 Å². The third-order valence-corrected chi connectivity index (χ3v) is 6.25. The summed E-state index contributed by atoms with van der Waals surface area (Å²) in [6, 6.07) is 24.4. The van der Waals surface area contributed by atoms with Crippen LogP contribution in [0.5, 0.6) is 0 Å². The number of hydrogen-bond acceptors (Lipinski definition) is 1. The molecule has 124 valence electrons. The molecule has 1 heteroatoms. The average molecular weight is 333 g/mol. The molecule has 1 nitrogen and oxygen atoms in total. The first kappa shape index (κ1) is 14.3. The van der Waals surface area contributed by atoms with E-state index < -0.39 is 0 Å². The zero-order valence-corrected chi connectivity index (χ0v) is 15.0. The van der Waals surface area contributed by atoms with Crippen LogP contribution in [0.15, 0.2) is 66.7 Å². The minimum atomic E-state index is 0.0467. The molecule has 0 saturated heterocycles. The molecule has 0 amide bonds. The van der Waals surface area contributed by atoms with Crippen molar-refractivity contribution in [3.63, 3.8) is 0 Å². The first-order valence-corrected chi connectivity index (χ1v) is 9.30. The quantitative estimate of drug-likeness (QED) is 0.333. The number of benzene rings is 3. The van der Waals surface area contributed by atoms with Crippen molar-refractivity contribution in [3.8, 4) is 22.4 Å². The maximum absolute atomic E-state index is 5.11. The molecule has 0 aliphatic heterocycles. The second kappa shape index (κ2) is 4.62. The highest BCUT2D eigenvalue weighted by molar-refractivity contribution is 5.97. The van der Waals surface area contributed by atoms with Crippen LogP contribution in [0.2, 0.25) is 0 Å². The molecule has 1 aromatic heterocycles. The molecule has 3 aromatic carbocycles. The molecule has 4 aromatic rings. The number of fused-ring (bicyclic) bond motifs is 3. The van der Waals surface area contributed by atoms with Gasteiger partial charge in [0.15, 0.2) is 0 Å². The molecule has 0 bridgehead atoms. The lowest BCUT2D eigenvalue weighted by atomic mass is 9.81. The van der Waals surface area contributed by atoms with Crippen molar-refractivity contribution in [2.75, 3.05) is 0 Å². The molecule has 0 radical (unpaired) electrons. The lowest BCUT2D eigenvalue weighted by molar-refractivity contribution is 0.660. The normalized spacial score (nSPS) is 15.5. The van der Waals surface area contributed by atoms with Gasteiger partial charge in [-0.05, 0) is 45.5 Å². The van der Waals surface area contributed by atoms with Crippen LogP contribution in [0, 0.1) is 0 Å². The van der Waals surface area contributed by atoms with E-state index in [-0.39, 0.29) is 5.41 Å². The van der Waals surface area contributed by atoms with Gasteiger partial charge in [-0.15, -0.1) is 0 Å². The molecule has 0 spiro atoms. The Hall–Kier alpha value is -2.93. The number of aromatic nitrogens is 1. The standard InChI is InChI=1S/C25H19N/c1-25(2)19-10-5-8-16-14-17-13-15-7-3-4-12-21(15)26-24(17)18-9-6-11-20(25)23(18)22(16)19/h3-13H,14H2,1-2H3. The topological polar surface area (TPSA) is 12.9 Å². The Kier molecular flexibility index (Phi) is 2.53. The number of para-hydroxylation sites is 1. The summed E-state index contributed by atoms with van der Waals surface area (Å²) in [6.45, 7) is 4.70. The van der Waals surface area contributed by atoms with Crippen LogP contribution in [-0.4, -0.2) is 4.98 Å². The van der Waals surface area contributed by atoms with Crippen LogP contribution < -0.4 is 0 Å². The average Bonchev–Trinajstić information content (AvgIpc) is 2.81. The van der Waals surface area contributed by atoms with E-state index >= 15 is 0 Å². The van der Waals surface area contributed by atoms with E-state index in [0.29, 0.717) is 0 Å². The highest BCUT2D eigenvalue weighted by atomic mass is 14.7. The fourth-order valence-corrected chi connectivity index (χ4v) is 4.98. The second-order valence-electron chi connectivity index (χ2n) is 8.06. The number of rotatable bonds is 0. The van der Waals surface area contributed by atoms with Gasteiger partial charge in [0.25, 0.3) is 0 Å². The second-order valence-corrected chi connectivity index (χ2v) is 8.06. The predicted molar refractivity (Wildman–Crippen MR) is 108 cm³/mol. The third-order valence-electron chi connectivity index (χ3n) is 6.25. The number of hydrogen-bond donors (Lipinski definition) is 0. The van der Waals surface area contributed by atoms with Gasteiger partial charge in [0, 0.05) is 22.8 Å². The maximum Gasteiger partial charge on any atom is 0.0751 e. The number of pyridine rings is 1. The van der Waals surface area contributed by atoms with Crippen molar-refractivity contribution < 1.29 is 0 Å². The van der Waals surface area contributed by atoms with E-state index in [1.165, 1.54) is 44.3 Å². The Morgan fingerprint density at radius 3 is 2.42 bits per heavy atom. The van der Waals surface area contributed by atoms with Gasteiger partial charge in [-0.25, -0.2) is 4.98 Å². The van der Waals surface area contributed by atoms with Crippen molar-refractivity contribution in [2.24, 2.45) is 0 Å². The van der Waals surface area contributed by atoms with E-state index in [9.17, 15) is 0 Å². The lowest BCUT2D eigenvalue weighted by Gasteiger charge is -2.22. The van der Waals surface area contributed by atoms with Crippen molar-refractivity contribution in [1.29, 1.82) is 0 Å². The minimum Gasteiger partial charge on any atom is -0.247 e. The maximum atomic E-state index is 5.11. The van der Waals surface area contributed by atoms with Gasteiger partial charge in [0.05, 0.1) is 11.2 Å². The molecule has 2 aliphatic rings. The summed E-state index contributed by atoms with van der Waals surface area (Å²) in [7, 11) is 0. The Morgan fingerprint density at radius 1 is 0.769 bits per heavy atom. The smallest absolute Gasteiger partial charge is 0.0751 e. The Morgan fingerprint density at radius 2 is 1.54 bits per heavy atom. The summed E-state index contributed by atoms with van der Waals surface area (Å²) >= 11 is 0. The van der Waals surface area contributed by atoms with Gasteiger partial charge in [0.2, 0.25) is 0 Å². The molecule has 26 heavy (non-hydrogen) atoms. The summed E-state index contributed by atoms with van der Waals surface area (Å²) in [4.78, 5) is 5.11. The largest absolute Gasteiger partial charge is 0.247 e. The molecule has 0 atom stereocenters. The van der Waals surface area contributed by atoms with Crippen LogP contribution in [0.4, 0.5) is 0 Å². The summed E-state index contributed by atoms with van der Waals surface area (Å²) in [5.74, 6) is 0. The lowest BCUT2D eigenvalue weighted by Crippen LogP contribution is -2.15. The monoisotopic (exact) mass is 333 g/mol. The third kappa shape index (κ3) is 1.63. The highest BCUT2D eigenvalue weighted by Gasteiger charge is 2.39. The zero-order valence-electron chi connectivity index (χ0n) is 15.0. The van der Waals surface area contributed by atoms with Gasteiger partial charge in [-0.3, -0.25) is 0 Å². The first-order chi connectivity index (χ1) is 12.6. The van der Waals surface area contributed by atoms with E-state index in [4.69, 9.17) is 4.98 Å². The van der Waals surface area contributed by atoms with E-state index in [1.54, 1.807) is 0 Å². The van der Waals surface area contributed by atoms with E-state index in [1.807, 2.05) is 0 Å². The molecule has 0 N–H and O–H groups in total. The summed E-state index contributed by atoms with van der Waals surface area (Å²) in [5, 5.41) is 1.22. The van der Waals surface area contributed by atoms with Gasteiger partial charge < -0.3 is 0 Å². The molecule has 0 unspecified atom stereocenters. The molecule has 2 aliphatic carbocycles. The van der Waals surface area contributed by atoms with Crippen molar-refractivity contribution in [1.82, 2.24) is 4.98 Å². The fraction of sp³-hybridized carbons (Fsp3) is 0.160. The Labute approximate surface area is 153 Å². The van der Waals surface area contributed by atoms with Gasteiger partial charge in [-0.2, -0.15) is 0 Å². The van der Waals surface area contributed by atoms with Crippen LogP contribution in [0.25, 0.3) is 33.3 Å². The molecular weight excluding hydrogens is 314 g/mol. The van der Waals surface area contributed by atoms with Gasteiger partial charge >= 0.3 is 0 Å². The van der Waals surface area contributed by atoms with Crippen molar-refractivity contribution >= 4 is 10.9 Å². The molecule has 0 saturated carbocycles. The van der Waals surface area contributed by atoms with Crippen molar-refractivity contribution in [2.45, 2.75) is 25.7 Å². The van der Waals surface area contributed by atoms with Crippen LogP contribution in [0.3, 0.4) is 0 Å². The Bertz CT molecular complexity index is 1230. The van der Waals surface area contributed by atoms with E-state index in [2.05, 4.69) is 80.6 Å². The molecule has 6 rings (SSSR count). The fourth-order valence-electron chi connectivity index (χ4n) is 4.98. The SMILES string of the molecule is CC1(C)c2cccc3c2-c2c(cccc21)-c1nc2ccccc2cc1C3. The van der Waals surface area contributed by atoms with Crippen molar-refractivity contribution in [3.05, 3.63) is 89.0 Å². The summed E-state index contributed by atoms with van der Waals surface area (Å²) < 4.78 is 0. The van der Waals surface area contributed by atoms with Gasteiger partial charge in [-0.1, -0.05) is 68.4 Å². The summed E-state index contributed by atoms with van der Waals surface area (Å²) in [5.41, 5.74) is 12.1. The summed E-state index contributed by atoms with van der Waals surface area (Å²) in [6.07, 6.45) is 0.945. The zero-order chi connectivity index (χ0) is 17.5. The van der Waals surface area contributed by atoms with Crippen LogP contribution in [0.1, 0.15) is 36.1 Å². The molecule has 0 fully saturated rings. The van der Waals surface area contributed by atoms with Crippen LogP contribution in [-0.2, 0) is 11.8 Å². The Balaban J connectivity index is 1.81. The first-order valence-electron chi connectivity index (χ1n) is 9.30. The molecule has 1 heterocycles. The van der Waals surface area contributed by atoms with Gasteiger partial charge in [0.1, 0.15) is 0 Å². The highest BCUT2D eigenvalue weighted by Crippen LogP contribution is 2.55. The van der Waals surface area contributed by atoms with E-state index in [0.717, 1.165) is 17.6 Å². The predicted octanol–water partition coefficient (Wildman–Crippen LogP) is 6.11. The number of nitrogens with zero attached hydrogens (tertiary/aromatic N) is 1.